The van der Waals surface area contributed by atoms with E-state index in [1.54, 1.807) is 5.57 Å². The SMILES string of the molecule is CC1=C(C(C)C)CN(C(C)C)C=C1. The van der Waals surface area contributed by atoms with Crippen molar-refractivity contribution in [2.75, 3.05) is 6.54 Å². The van der Waals surface area contributed by atoms with Crippen molar-refractivity contribution >= 4 is 0 Å². The zero-order valence-corrected chi connectivity index (χ0v) is 9.46. The fraction of sp³-hybridized carbons (Fsp3) is 0.667. The summed E-state index contributed by atoms with van der Waals surface area (Å²) in [6, 6.07) is 0.609. The molecule has 0 unspecified atom stereocenters. The smallest absolute Gasteiger partial charge is 0.0394 e. The Bertz CT molecular complexity index is 234. The second-order valence-corrected chi connectivity index (χ2v) is 4.44. The van der Waals surface area contributed by atoms with E-state index < -0.39 is 0 Å². The molecule has 1 heterocycles. The lowest BCUT2D eigenvalue weighted by molar-refractivity contribution is 0.321. The quantitative estimate of drug-likeness (QED) is 0.629. The summed E-state index contributed by atoms with van der Waals surface area (Å²) < 4.78 is 0. The number of allylic oxidation sites excluding steroid dienone is 2. The molecule has 13 heavy (non-hydrogen) atoms. The molecule has 1 aliphatic rings. The minimum Gasteiger partial charge on any atom is -0.371 e. The predicted molar refractivity (Wildman–Crippen MR) is 58.5 cm³/mol. The normalized spacial score (nSPS) is 17.9. The maximum atomic E-state index is 2.39. The highest BCUT2D eigenvalue weighted by atomic mass is 15.1. The van der Waals surface area contributed by atoms with E-state index in [1.807, 2.05) is 0 Å². The van der Waals surface area contributed by atoms with Crippen LogP contribution in [0.2, 0.25) is 0 Å². The molecule has 0 fully saturated rings. The van der Waals surface area contributed by atoms with Gasteiger partial charge in [-0.05, 0) is 50.1 Å². The van der Waals surface area contributed by atoms with Crippen molar-refractivity contribution in [3.8, 4) is 0 Å². The van der Waals surface area contributed by atoms with Crippen LogP contribution in [0.3, 0.4) is 0 Å². The Balaban J connectivity index is 2.78. The van der Waals surface area contributed by atoms with Crippen molar-refractivity contribution in [1.82, 2.24) is 4.90 Å². The van der Waals surface area contributed by atoms with Gasteiger partial charge in [-0.2, -0.15) is 0 Å². The van der Waals surface area contributed by atoms with Gasteiger partial charge in [-0.25, -0.2) is 0 Å². The van der Waals surface area contributed by atoms with Gasteiger partial charge in [-0.3, -0.25) is 0 Å². The molecule has 0 aromatic rings. The van der Waals surface area contributed by atoms with Crippen LogP contribution in [0.25, 0.3) is 0 Å². The minimum atomic E-state index is 0.609. The average Bonchev–Trinajstić information content (AvgIpc) is 2.04. The minimum absolute atomic E-state index is 0.609. The van der Waals surface area contributed by atoms with Crippen LogP contribution in [0.1, 0.15) is 34.6 Å². The summed E-state index contributed by atoms with van der Waals surface area (Å²) >= 11 is 0. The second kappa shape index (κ2) is 3.99. The first-order chi connectivity index (χ1) is 6.02. The van der Waals surface area contributed by atoms with E-state index in [-0.39, 0.29) is 0 Å². The summed E-state index contributed by atoms with van der Waals surface area (Å²) in [6.45, 7) is 12.3. The molecule has 0 aromatic carbocycles. The lowest BCUT2D eigenvalue weighted by Crippen LogP contribution is -2.31. The zero-order chi connectivity index (χ0) is 10.0. The Labute approximate surface area is 82.1 Å². The highest BCUT2D eigenvalue weighted by Gasteiger charge is 2.15. The summed E-state index contributed by atoms with van der Waals surface area (Å²) in [5.74, 6) is 0.672. The van der Waals surface area contributed by atoms with E-state index in [4.69, 9.17) is 0 Å². The van der Waals surface area contributed by atoms with Crippen molar-refractivity contribution in [3.63, 3.8) is 0 Å². The third-order valence-corrected chi connectivity index (χ3v) is 2.74. The fourth-order valence-electron chi connectivity index (χ4n) is 1.68. The van der Waals surface area contributed by atoms with Crippen LogP contribution >= 0.6 is 0 Å². The van der Waals surface area contributed by atoms with Gasteiger partial charge in [-0.1, -0.05) is 13.8 Å². The van der Waals surface area contributed by atoms with Gasteiger partial charge in [0.25, 0.3) is 0 Å². The molecular weight excluding hydrogens is 158 g/mol. The lowest BCUT2D eigenvalue weighted by Gasteiger charge is -2.31. The third-order valence-electron chi connectivity index (χ3n) is 2.74. The Hall–Kier alpha value is -0.720. The molecule has 0 aromatic heterocycles. The van der Waals surface area contributed by atoms with Gasteiger partial charge >= 0.3 is 0 Å². The Morgan fingerprint density at radius 2 is 1.85 bits per heavy atom. The van der Waals surface area contributed by atoms with Crippen LogP contribution in [0.4, 0.5) is 0 Å². The average molecular weight is 179 g/mol. The highest BCUT2D eigenvalue weighted by Crippen LogP contribution is 2.22. The topological polar surface area (TPSA) is 3.24 Å². The standard InChI is InChI=1S/C12H21N/c1-9(2)12-8-13(10(3)4)7-6-11(12)5/h6-7,9-10H,8H2,1-5H3. The van der Waals surface area contributed by atoms with Crippen molar-refractivity contribution in [2.45, 2.75) is 40.7 Å². The fourth-order valence-corrected chi connectivity index (χ4v) is 1.68. The van der Waals surface area contributed by atoms with E-state index >= 15 is 0 Å². The molecule has 0 saturated heterocycles. The molecule has 1 aliphatic heterocycles. The van der Waals surface area contributed by atoms with E-state index in [9.17, 15) is 0 Å². The van der Waals surface area contributed by atoms with E-state index in [1.165, 1.54) is 5.57 Å². The molecule has 1 heteroatoms. The maximum Gasteiger partial charge on any atom is 0.0394 e. The van der Waals surface area contributed by atoms with Crippen LogP contribution < -0.4 is 0 Å². The molecule has 0 atom stereocenters. The van der Waals surface area contributed by atoms with Crippen molar-refractivity contribution in [1.29, 1.82) is 0 Å². The van der Waals surface area contributed by atoms with E-state index in [0.717, 1.165) is 6.54 Å². The molecular formula is C12H21N. The first-order valence-corrected chi connectivity index (χ1v) is 5.16. The third kappa shape index (κ3) is 2.36. The number of hydrogen-bond acceptors (Lipinski definition) is 1. The zero-order valence-electron chi connectivity index (χ0n) is 9.46. The van der Waals surface area contributed by atoms with Crippen LogP contribution in [0.15, 0.2) is 23.4 Å². The largest absolute Gasteiger partial charge is 0.371 e. The van der Waals surface area contributed by atoms with Gasteiger partial charge in [-0.15, -0.1) is 0 Å². The monoisotopic (exact) mass is 179 g/mol. The van der Waals surface area contributed by atoms with E-state index in [2.05, 4.69) is 51.8 Å². The molecule has 0 spiro atoms. The van der Waals surface area contributed by atoms with Gasteiger partial charge in [0.05, 0.1) is 0 Å². The summed E-state index contributed by atoms with van der Waals surface area (Å²) in [5, 5.41) is 0. The van der Waals surface area contributed by atoms with Crippen LogP contribution in [0, 0.1) is 5.92 Å². The Kier molecular flexibility index (Phi) is 3.18. The summed E-state index contributed by atoms with van der Waals surface area (Å²) in [6.07, 6.45) is 4.45. The molecule has 0 N–H and O–H groups in total. The second-order valence-electron chi connectivity index (χ2n) is 4.44. The molecule has 74 valence electrons. The van der Waals surface area contributed by atoms with Crippen LogP contribution in [0.5, 0.6) is 0 Å². The molecule has 0 amide bonds. The van der Waals surface area contributed by atoms with Crippen molar-refractivity contribution in [2.24, 2.45) is 5.92 Å². The molecule has 0 aliphatic carbocycles. The van der Waals surface area contributed by atoms with Gasteiger partial charge in [0.15, 0.2) is 0 Å². The predicted octanol–water partition coefficient (Wildman–Crippen LogP) is 3.20. The van der Waals surface area contributed by atoms with Gasteiger partial charge in [0.2, 0.25) is 0 Å². The molecule has 0 saturated carbocycles. The van der Waals surface area contributed by atoms with Gasteiger partial charge in [0, 0.05) is 12.6 Å². The molecule has 0 radical (unpaired) electrons. The van der Waals surface area contributed by atoms with Gasteiger partial charge in [0.1, 0.15) is 0 Å². The lowest BCUT2D eigenvalue weighted by atomic mass is 9.95. The number of rotatable bonds is 2. The van der Waals surface area contributed by atoms with Crippen molar-refractivity contribution in [3.05, 3.63) is 23.4 Å². The van der Waals surface area contributed by atoms with Crippen LogP contribution in [-0.4, -0.2) is 17.5 Å². The summed E-state index contributed by atoms with van der Waals surface area (Å²) in [4.78, 5) is 2.39. The van der Waals surface area contributed by atoms with Crippen LogP contribution in [-0.2, 0) is 0 Å². The first-order valence-electron chi connectivity index (χ1n) is 5.16. The molecule has 0 bridgehead atoms. The Morgan fingerprint density at radius 3 is 2.31 bits per heavy atom. The number of nitrogens with zero attached hydrogens (tertiary/aromatic N) is 1. The molecule has 1 nitrogen and oxygen atoms in total. The van der Waals surface area contributed by atoms with Crippen molar-refractivity contribution < 1.29 is 0 Å². The maximum absolute atomic E-state index is 2.39. The van der Waals surface area contributed by atoms with Gasteiger partial charge < -0.3 is 4.90 Å². The Morgan fingerprint density at radius 1 is 1.23 bits per heavy atom. The molecule has 1 rings (SSSR count). The van der Waals surface area contributed by atoms with E-state index in [0.29, 0.717) is 12.0 Å². The highest BCUT2D eigenvalue weighted by molar-refractivity contribution is 5.29. The summed E-state index contributed by atoms with van der Waals surface area (Å²) in [5.41, 5.74) is 3.03. The summed E-state index contributed by atoms with van der Waals surface area (Å²) in [7, 11) is 0. The number of hydrogen-bond donors (Lipinski definition) is 0. The first kappa shape index (κ1) is 10.4.